The zero-order chi connectivity index (χ0) is 20.0. The lowest BCUT2D eigenvalue weighted by Crippen LogP contribution is -2.51. The average molecular weight is 424 g/mol. The van der Waals surface area contributed by atoms with Crippen LogP contribution in [0.5, 0.6) is 0 Å². The van der Waals surface area contributed by atoms with Crippen LogP contribution in [0.25, 0.3) is 10.4 Å². The van der Waals surface area contributed by atoms with E-state index in [1.54, 1.807) is 28.4 Å². The molecular weight excluding hydrogens is 406 g/mol. The average Bonchev–Trinajstić information content (AvgIpc) is 3.47. The van der Waals surface area contributed by atoms with Gasteiger partial charge in [-0.2, -0.15) is 0 Å². The number of thiophene rings is 2. The Kier molecular flexibility index (Phi) is 4.44. The Bertz CT molecular complexity index is 1090. The number of hydrogen-bond acceptors (Lipinski definition) is 5. The summed E-state index contributed by atoms with van der Waals surface area (Å²) in [5.41, 5.74) is 1.94. The summed E-state index contributed by atoms with van der Waals surface area (Å²) in [5, 5.41) is 9.65. The monoisotopic (exact) mass is 423 g/mol. The van der Waals surface area contributed by atoms with Crippen LogP contribution < -0.4 is 10.6 Å². The molecule has 0 bridgehead atoms. The third-order valence-electron chi connectivity index (χ3n) is 5.30. The molecule has 0 radical (unpaired) electrons. The summed E-state index contributed by atoms with van der Waals surface area (Å²) in [6, 6.07) is 11.9. The van der Waals surface area contributed by atoms with E-state index in [-0.39, 0.29) is 17.7 Å². The predicted molar refractivity (Wildman–Crippen MR) is 113 cm³/mol. The van der Waals surface area contributed by atoms with Crippen LogP contribution in [0.4, 0.5) is 5.69 Å². The van der Waals surface area contributed by atoms with Gasteiger partial charge in [0.05, 0.1) is 22.2 Å². The molecule has 8 heteroatoms. The van der Waals surface area contributed by atoms with Crippen molar-refractivity contribution >= 4 is 46.1 Å². The van der Waals surface area contributed by atoms with Crippen molar-refractivity contribution in [2.45, 2.75) is 18.5 Å². The second kappa shape index (κ2) is 7.13. The summed E-state index contributed by atoms with van der Waals surface area (Å²) in [6.07, 6.45) is 0.543. The van der Waals surface area contributed by atoms with Crippen LogP contribution >= 0.6 is 22.7 Å². The second-order valence-corrected chi connectivity index (χ2v) is 8.91. The molecule has 2 aliphatic heterocycles. The number of fused-ring (bicyclic) bond motifs is 2. The van der Waals surface area contributed by atoms with Crippen molar-refractivity contribution in [3.05, 3.63) is 63.7 Å². The molecule has 0 aliphatic carbocycles. The molecule has 0 spiro atoms. The molecule has 1 saturated heterocycles. The van der Waals surface area contributed by atoms with Gasteiger partial charge in [-0.3, -0.25) is 14.4 Å². The third-order valence-corrected chi connectivity index (χ3v) is 7.09. The maximum atomic E-state index is 13.3. The number of rotatable bonds is 3. The van der Waals surface area contributed by atoms with Crippen molar-refractivity contribution < 1.29 is 14.4 Å². The fourth-order valence-electron chi connectivity index (χ4n) is 3.93. The fourth-order valence-corrected chi connectivity index (χ4v) is 5.28. The van der Waals surface area contributed by atoms with Gasteiger partial charge in [0.15, 0.2) is 0 Å². The summed E-state index contributed by atoms with van der Waals surface area (Å²) in [6.45, 7) is 0.426. The number of nitrogens with zero attached hydrogens (tertiary/aromatic N) is 1. The normalized spacial score (nSPS) is 20.6. The Balaban J connectivity index is 1.44. The number of anilines is 1. The maximum absolute atomic E-state index is 13.3. The van der Waals surface area contributed by atoms with Crippen molar-refractivity contribution in [1.29, 1.82) is 0 Å². The highest BCUT2D eigenvalue weighted by Gasteiger charge is 2.45. The van der Waals surface area contributed by atoms with Gasteiger partial charge in [0.1, 0.15) is 6.04 Å². The van der Waals surface area contributed by atoms with Gasteiger partial charge in [-0.15, -0.1) is 22.7 Å². The molecule has 1 fully saturated rings. The minimum Gasteiger partial charge on any atom is -0.346 e. The van der Waals surface area contributed by atoms with Gasteiger partial charge in [-0.05, 0) is 47.0 Å². The van der Waals surface area contributed by atoms with Crippen molar-refractivity contribution in [3.63, 3.8) is 0 Å². The number of amides is 3. The Labute approximate surface area is 175 Å². The Hall–Kier alpha value is -2.97. The zero-order valence-electron chi connectivity index (χ0n) is 15.3. The van der Waals surface area contributed by atoms with E-state index in [0.717, 1.165) is 10.4 Å². The van der Waals surface area contributed by atoms with Crippen LogP contribution in [0.2, 0.25) is 0 Å². The molecule has 1 aromatic carbocycles. The van der Waals surface area contributed by atoms with Gasteiger partial charge in [-0.25, -0.2) is 0 Å². The minimum atomic E-state index is -0.719. The van der Waals surface area contributed by atoms with E-state index in [0.29, 0.717) is 29.1 Å². The number of carbonyl (C=O) groups is 3. The first-order valence-corrected chi connectivity index (χ1v) is 11.0. The molecule has 0 saturated carbocycles. The molecule has 2 aromatic heterocycles. The lowest BCUT2D eigenvalue weighted by atomic mass is 10.1. The van der Waals surface area contributed by atoms with Gasteiger partial charge in [0, 0.05) is 11.4 Å². The molecule has 5 rings (SSSR count). The van der Waals surface area contributed by atoms with Crippen molar-refractivity contribution in [2.24, 2.45) is 0 Å². The Morgan fingerprint density at radius 2 is 1.93 bits per heavy atom. The second-order valence-electron chi connectivity index (χ2n) is 7.02. The quantitative estimate of drug-likeness (QED) is 0.677. The summed E-state index contributed by atoms with van der Waals surface area (Å²) >= 11 is 2.95. The van der Waals surface area contributed by atoms with Gasteiger partial charge in [0.25, 0.3) is 11.8 Å². The summed E-state index contributed by atoms with van der Waals surface area (Å²) in [7, 11) is 0. The topological polar surface area (TPSA) is 78.5 Å². The highest BCUT2D eigenvalue weighted by molar-refractivity contribution is 7.13. The van der Waals surface area contributed by atoms with Gasteiger partial charge < -0.3 is 15.5 Å². The lowest BCUT2D eigenvalue weighted by molar-refractivity contribution is -0.120. The first-order chi connectivity index (χ1) is 14.1. The standard InChI is InChI=1S/C21H17N3O3S2/c25-19(17-4-2-10-29-17)23-15-7-8-24-18(15)20(26)22-14-6-5-12(11-13(14)21(24)27)16-3-1-9-28-16/h1-6,9-11,15,18H,7-8H2,(H,22,26)(H,23,25). The van der Waals surface area contributed by atoms with Crippen LogP contribution in [-0.4, -0.2) is 41.2 Å². The highest BCUT2D eigenvalue weighted by Crippen LogP contribution is 2.33. The van der Waals surface area contributed by atoms with E-state index >= 15 is 0 Å². The molecule has 29 heavy (non-hydrogen) atoms. The molecule has 146 valence electrons. The van der Waals surface area contributed by atoms with E-state index in [1.807, 2.05) is 41.1 Å². The van der Waals surface area contributed by atoms with Crippen molar-refractivity contribution in [2.75, 3.05) is 11.9 Å². The Morgan fingerprint density at radius 3 is 2.69 bits per heavy atom. The van der Waals surface area contributed by atoms with Crippen molar-refractivity contribution in [1.82, 2.24) is 10.2 Å². The number of nitrogens with one attached hydrogen (secondary N) is 2. The van der Waals surface area contributed by atoms with Crippen LogP contribution in [0.1, 0.15) is 26.5 Å². The Morgan fingerprint density at radius 1 is 1.10 bits per heavy atom. The summed E-state index contributed by atoms with van der Waals surface area (Å²) in [4.78, 5) is 41.9. The molecule has 6 nitrogen and oxygen atoms in total. The molecule has 3 aromatic rings. The third kappa shape index (κ3) is 3.14. The van der Waals surface area contributed by atoms with Crippen LogP contribution in [0.15, 0.2) is 53.2 Å². The van der Waals surface area contributed by atoms with E-state index in [4.69, 9.17) is 0 Å². The maximum Gasteiger partial charge on any atom is 0.261 e. The number of benzene rings is 1. The molecule has 2 N–H and O–H groups in total. The predicted octanol–water partition coefficient (Wildman–Crippen LogP) is 3.44. The molecule has 4 heterocycles. The fraction of sp³-hybridized carbons (Fsp3) is 0.190. The van der Waals surface area contributed by atoms with Gasteiger partial charge >= 0.3 is 0 Å². The molecule has 3 amide bonds. The van der Waals surface area contributed by atoms with Gasteiger partial charge in [-0.1, -0.05) is 18.2 Å². The molecule has 2 atom stereocenters. The first-order valence-electron chi connectivity index (χ1n) is 9.26. The summed E-state index contributed by atoms with van der Waals surface area (Å²) in [5.74, 6) is -0.668. The smallest absolute Gasteiger partial charge is 0.261 e. The minimum absolute atomic E-state index is 0.186. The largest absolute Gasteiger partial charge is 0.346 e. The van der Waals surface area contributed by atoms with Crippen LogP contribution in [0.3, 0.4) is 0 Å². The zero-order valence-corrected chi connectivity index (χ0v) is 16.9. The molecule has 2 unspecified atom stereocenters. The van der Waals surface area contributed by atoms with E-state index in [1.165, 1.54) is 11.3 Å². The van der Waals surface area contributed by atoms with Gasteiger partial charge in [0.2, 0.25) is 5.91 Å². The van der Waals surface area contributed by atoms with Crippen LogP contribution in [-0.2, 0) is 4.79 Å². The SMILES string of the molecule is O=C(NC1CCN2C(=O)c3cc(-c4cccs4)ccc3NC(=O)C12)c1cccs1. The highest BCUT2D eigenvalue weighted by atomic mass is 32.1. The number of carbonyl (C=O) groups excluding carboxylic acids is 3. The van der Waals surface area contributed by atoms with E-state index in [2.05, 4.69) is 10.6 Å². The van der Waals surface area contributed by atoms with E-state index < -0.39 is 12.1 Å². The lowest BCUT2D eigenvalue weighted by Gasteiger charge is -2.24. The van der Waals surface area contributed by atoms with E-state index in [9.17, 15) is 14.4 Å². The first kappa shape index (κ1) is 18.1. The van der Waals surface area contributed by atoms with Crippen LogP contribution in [0, 0.1) is 0 Å². The summed E-state index contributed by atoms with van der Waals surface area (Å²) < 4.78 is 0. The molecule has 2 aliphatic rings. The van der Waals surface area contributed by atoms with Crippen molar-refractivity contribution in [3.8, 4) is 10.4 Å². The molecular formula is C21H17N3O3S2. The number of hydrogen-bond donors (Lipinski definition) is 2.